The summed E-state index contributed by atoms with van der Waals surface area (Å²) in [5.74, 6) is 0. The first kappa shape index (κ1) is 11.1. The standard InChI is InChI=1S/C10H13ClN2OS/c11-7-2-1-6(12)3-9(7)15-10-5-13-4-8(10)14/h1-3,8,10,13-14H,4-5,12H2. The quantitative estimate of drug-likeness (QED) is 0.688. The molecule has 0 bridgehead atoms. The van der Waals surface area contributed by atoms with Crippen molar-refractivity contribution in [2.45, 2.75) is 16.2 Å². The van der Waals surface area contributed by atoms with E-state index in [1.54, 1.807) is 23.9 Å². The summed E-state index contributed by atoms with van der Waals surface area (Å²) in [4.78, 5) is 0.935. The third-order valence-electron chi connectivity index (χ3n) is 2.36. The lowest BCUT2D eigenvalue weighted by atomic mass is 10.3. The fraction of sp³-hybridized carbons (Fsp3) is 0.400. The molecule has 2 unspecified atom stereocenters. The highest BCUT2D eigenvalue weighted by molar-refractivity contribution is 8.00. The molecule has 15 heavy (non-hydrogen) atoms. The van der Waals surface area contributed by atoms with Gasteiger partial charge in [-0.2, -0.15) is 0 Å². The molecule has 82 valence electrons. The summed E-state index contributed by atoms with van der Waals surface area (Å²) in [6.07, 6.45) is -0.313. The van der Waals surface area contributed by atoms with Crippen molar-refractivity contribution >= 4 is 29.1 Å². The Kier molecular flexibility index (Phi) is 3.41. The van der Waals surface area contributed by atoms with Crippen LogP contribution in [0.4, 0.5) is 5.69 Å². The molecule has 0 saturated carbocycles. The number of thioether (sulfide) groups is 1. The maximum Gasteiger partial charge on any atom is 0.0798 e. The van der Waals surface area contributed by atoms with Gasteiger partial charge in [-0.3, -0.25) is 0 Å². The van der Waals surface area contributed by atoms with Gasteiger partial charge in [0.15, 0.2) is 0 Å². The predicted octanol–water partition coefficient (Wildman–Crippen LogP) is 1.35. The molecule has 3 nitrogen and oxygen atoms in total. The van der Waals surface area contributed by atoms with Crippen LogP contribution in [0.3, 0.4) is 0 Å². The molecule has 0 aliphatic carbocycles. The zero-order chi connectivity index (χ0) is 10.8. The summed E-state index contributed by atoms with van der Waals surface area (Å²) in [7, 11) is 0. The Morgan fingerprint density at radius 2 is 2.27 bits per heavy atom. The molecule has 1 heterocycles. The van der Waals surface area contributed by atoms with Crippen molar-refractivity contribution in [2.75, 3.05) is 18.8 Å². The van der Waals surface area contributed by atoms with E-state index in [2.05, 4.69) is 5.32 Å². The van der Waals surface area contributed by atoms with Crippen molar-refractivity contribution in [1.82, 2.24) is 5.32 Å². The summed E-state index contributed by atoms with van der Waals surface area (Å²) >= 11 is 7.62. The third kappa shape index (κ3) is 2.58. The van der Waals surface area contributed by atoms with E-state index in [1.807, 2.05) is 6.07 Å². The van der Waals surface area contributed by atoms with Crippen LogP contribution in [0.5, 0.6) is 0 Å². The number of β-amino-alcohol motifs (C(OH)–C–C–N with tert-alkyl or cyclic N) is 1. The van der Waals surface area contributed by atoms with E-state index in [4.69, 9.17) is 17.3 Å². The van der Waals surface area contributed by atoms with Crippen LogP contribution >= 0.6 is 23.4 Å². The number of hydrogen-bond donors (Lipinski definition) is 3. The van der Waals surface area contributed by atoms with Crippen LogP contribution in [0.2, 0.25) is 5.02 Å². The number of aliphatic hydroxyl groups excluding tert-OH is 1. The number of nitrogen functional groups attached to an aromatic ring is 1. The van der Waals surface area contributed by atoms with E-state index in [0.29, 0.717) is 17.3 Å². The van der Waals surface area contributed by atoms with Gasteiger partial charge in [-0.1, -0.05) is 11.6 Å². The van der Waals surface area contributed by atoms with E-state index in [-0.39, 0.29) is 11.4 Å². The van der Waals surface area contributed by atoms with Gasteiger partial charge in [0.1, 0.15) is 0 Å². The summed E-state index contributed by atoms with van der Waals surface area (Å²) in [6, 6.07) is 5.40. The van der Waals surface area contributed by atoms with Crippen LogP contribution in [-0.4, -0.2) is 29.5 Å². The largest absolute Gasteiger partial charge is 0.399 e. The molecular weight excluding hydrogens is 232 g/mol. The average Bonchev–Trinajstić information content (AvgIpc) is 2.58. The summed E-state index contributed by atoms with van der Waals surface area (Å²) in [6.45, 7) is 1.45. The second kappa shape index (κ2) is 4.61. The molecule has 1 saturated heterocycles. The van der Waals surface area contributed by atoms with Gasteiger partial charge < -0.3 is 16.2 Å². The zero-order valence-electron chi connectivity index (χ0n) is 8.11. The van der Waals surface area contributed by atoms with Crippen LogP contribution < -0.4 is 11.1 Å². The normalized spacial score (nSPS) is 25.7. The molecule has 1 fully saturated rings. The average molecular weight is 245 g/mol. The Bertz CT molecular complexity index is 361. The summed E-state index contributed by atoms with van der Waals surface area (Å²) in [5, 5.41) is 13.6. The second-order valence-electron chi connectivity index (χ2n) is 3.57. The van der Waals surface area contributed by atoms with Crippen molar-refractivity contribution in [1.29, 1.82) is 0 Å². The molecule has 1 aromatic rings. The van der Waals surface area contributed by atoms with Crippen LogP contribution in [0, 0.1) is 0 Å². The Balaban J connectivity index is 2.12. The minimum atomic E-state index is -0.313. The van der Waals surface area contributed by atoms with Crippen molar-refractivity contribution in [3.63, 3.8) is 0 Å². The predicted molar refractivity (Wildman–Crippen MR) is 64.4 cm³/mol. The first-order chi connectivity index (χ1) is 7.16. The first-order valence-electron chi connectivity index (χ1n) is 4.77. The number of hydrogen-bond acceptors (Lipinski definition) is 4. The highest BCUT2D eigenvalue weighted by Gasteiger charge is 2.26. The number of aliphatic hydroxyl groups is 1. The molecule has 2 rings (SSSR count). The minimum Gasteiger partial charge on any atom is -0.399 e. The lowest BCUT2D eigenvalue weighted by Crippen LogP contribution is -2.19. The Labute approximate surface area is 98.0 Å². The van der Waals surface area contributed by atoms with Crippen molar-refractivity contribution in [3.05, 3.63) is 23.2 Å². The number of anilines is 1. The number of nitrogens with two attached hydrogens (primary N) is 1. The van der Waals surface area contributed by atoms with Gasteiger partial charge >= 0.3 is 0 Å². The summed E-state index contributed by atoms with van der Waals surface area (Å²) in [5.41, 5.74) is 6.38. The molecule has 0 radical (unpaired) electrons. The van der Waals surface area contributed by atoms with Gasteiger partial charge in [0.25, 0.3) is 0 Å². The van der Waals surface area contributed by atoms with Gasteiger partial charge in [0, 0.05) is 28.9 Å². The van der Waals surface area contributed by atoms with E-state index >= 15 is 0 Å². The Hall–Kier alpha value is -0.420. The van der Waals surface area contributed by atoms with E-state index in [1.165, 1.54) is 0 Å². The highest BCUT2D eigenvalue weighted by atomic mass is 35.5. The first-order valence-corrected chi connectivity index (χ1v) is 6.03. The van der Waals surface area contributed by atoms with Crippen LogP contribution in [0.25, 0.3) is 0 Å². The van der Waals surface area contributed by atoms with E-state index in [0.717, 1.165) is 11.4 Å². The lowest BCUT2D eigenvalue weighted by Gasteiger charge is -2.13. The number of nitrogens with one attached hydrogen (secondary N) is 1. The molecule has 0 spiro atoms. The van der Waals surface area contributed by atoms with Gasteiger partial charge in [0.05, 0.1) is 11.1 Å². The maximum atomic E-state index is 9.65. The van der Waals surface area contributed by atoms with Crippen LogP contribution in [0.1, 0.15) is 0 Å². The lowest BCUT2D eigenvalue weighted by molar-refractivity contribution is 0.201. The van der Waals surface area contributed by atoms with Crippen molar-refractivity contribution in [2.24, 2.45) is 0 Å². The summed E-state index contributed by atoms with van der Waals surface area (Å²) < 4.78 is 0. The van der Waals surface area contributed by atoms with Crippen molar-refractivity contribution < 1.29 is 5.11 Å². The number of halogens is 1. The smallest absolute Gasteiger partial charge is 0.0798 e. The SMILES string of the molecule is Nc1ccc(Cl)c(SC2CNCC2O)c1. The molecule has 1 aliphatic rings. The van der Waals surface area contributed by atoms with Crippen LogP contribution in [0.15, 0.2) is 23.1 Å². The molecule has 4 N–H and O–H groups in total. The number of benzene rings is 1. The van der Waals surface area contributed by atoms with E-state index in [9.17, 15) is 5.11 Å². The molecule has 1 aliphatic heterocycles. The zero-order valence-corrected chi connectivity index (χ0v) is 9.68. The monoisotopic (exact) mass is 244 g/mol. The Morgan fingerprint density at radius 3 is 2.93 bits per heavy atom. The van der Waals surface area contributed by atoms with Gasteiger partial charge in [0.2, 0.25) is 0 Å². The van der Waals surface area contributed by atoms with Gasteiger partial charge in [-0.15, -0.1) is 11.8 Å². The number of rotatable bonds is 2. The Morgan fingerprint density at radius 1 is 1.47 bits per heavy atom. The van der Waals surface area contributed by atoms with E-state index < -0.39 is 0 Å². The molecule has 0 amide bonds. The molecule has 0 aromatic heterocycles. The molecule has 2 atom stereocenters. The third-order valence-corrected chi connectivity index (χ3v) is 4.18. The fourth-order valence-corrected chi connectivity index (χ4v) is 2.95. The second-order valence-corrected chi connectivity index (χ2v) is 5.26. The molecule has 5 heteroatoms. The van der Waals surface area contributed by atoms with Gasteiger partial charge in [-0.25, -0.2) is 0 Å². The van der Waals surface area contributed by atoms with Gasteiger partial charge in [-0.05, 0) is 18.2 Å². The molecule has 1 aromatic carbocycles. The topological polar surface area (TPSA) is 58.3 Å². The minimum absolute atomic E-state index is 0.157. The maximum absolute atomic E-state index is 9.65. The molecular formula is C10H13ClN2OS. The van der Waals surface area contributed by atoms with Crippen molar-refractivity contribution in [3.8, 4) is 0 Å². The fourth-order valence-electron chi connectivity index (χ4n) is 1.53. The van der Waals surface area contributed by atoms with Crippen LogP contribution in [-0.2, 0) is 0 Å². The highest BCUT2D eigenvalue weighted by Crippen LogP contribution is 2.33.